The van der Waals surface area contributed by atoms with Crippen molar-refractivity contribution in [2.75, 3.05) is 13.7 Å². The smallest absolute Gasteiger partial charge is 0.338 e. The maximum Gasteiger partial charge on any atom is 0.338 e. The predicted octanol–water partition coefficient (Wildman–Crippen LogP) is 3.79. The summed E-state index contributed by atoms with van der Waals surface area (Å²) in [7, 11) is -2.50. The Balaban J connectivity index is 1.85. The van der Waals surface area contributed by atoms with Crippen molar-refractivity contribution in [1.82, 2.24) is 4.72 Å². The minimum Gasteiger partial charge on any atom is -0.496 e. The fraction of sp³-hybridized carbons (Fsp3) is 0.174. The van der Waals surface area contributed by atoms with Gasteiger partial charge in [-0.15, -0.1) is 0 Å². The molecular formula is C23H22N2O7S. The molecule has 0 spiro atoms. The number of nitrogens with one attached hydrogen (secondary N) is 1. The molecule has 1 unspecified atom stereocenters. The fourth-order valence-electron chi connectivity index (χ4n) is 3.08. The van der Waals surface area contributed by atoms with Crippen molar-refractivity contribution in [2.24, 2.45) is 0 Å². The molecule has 9 nitrogen and oxygen atoms in total. The zero-order valence-corrected chi connectivity index (χ0v) is 18.7. The van der Waals surface area contributed by atoms with Crippen LogP contribution in [-0.4, -0.2) is 33.0 Å². The molecule has 0 fully saturated rings. The Bertz CT molecular complexity index is 1240. The van der Waals surface area contributed by atoms with Crippen LogP contribution in [0.4, 0.5) is 5.69 Å². The van der Waals surface area contributed by atoms with Crippen LogP contribution in [0.2, 0.25) is 0 Å². The molecule has 0 aliphatic rings. The summed E-state index contributed by atoms with van der Waals surface area (Å²) in [4.78, 5) is 22.8. The third-order valence-corrected chi connectivity index (χ3v) is 6.33. The van der Waals surface area contributed by atoms with E-state index in [4.69, 9.17) is 9.47 Å². The lowest BCUT2D eigenvalue weighted by Gasteiger charge is -2.21. The monoisotopic (exact) mass is 470 g/mol. The van der Waals surface area contributed by atoms with Gasteiger partial charge in [0, 0.05) is 17.7 Å². The largest absolute Gasteiger partial charge is 0.496 e. The Labute approximate surface area is 191 Å². The maximum atomic E-state index is 13.0. The van der Waals surface area contributed by atoms with Crippen molar-refractivity contribution in [3.05, 3.63) is 99.6 Å². The standard InChI is InChI=1S/C23H22N2O7S/c1-16-7-13-19(14-8-16)33(29,30)24-21(20-5-3-4-6-22(20)31-2)15-32-23(26)17-9-11-18(12-10-17)25(27)28/h3-14,21,24H,15H2,1-2H3. The Morgan fingerprint density at radius 3 is 2.27 bits per heavy atom. The summed E-state index contributed by atoms with van der Waals surface area (Å²) in [6.45, 7) is 1.51. The van der Waals surface area contributed by atoms with E-state index in [9.17, 15) is 23.3 Å². The van der Waals surface area contributed by atoms with Crippen molar-refractivity contribution >= 4 is 21.7 Å². The molecule has 0 heterocycles. The molecule has 1 N–H and O–H groups in total. The lowest BCUT2D eigenvalue weighted by atomic mass is 10.1. The van der Waals surface area contributed by atoms with Gasteiger partial charge < -0.3 is 9.47 Å². The van der Waals surface area contributed by atoms with Gasteiger partial charge in [0.1, 0.15) is 12.4 Å². The molecule has 0 aliphatic carbocycles. The number of nitro benzene ring substituents is 1. The van der Waals surface area contributed by atoms with E-state index < -0.39 is 27.0 Å². The van der Waals surface area contributed by atoms with Gasteiger partial charge in [0.25, 0.3) is 5.69 Å². The van der Waals surface area contributed by atoms with Crippen molar-refractivity contribution in [2.45, 2.75) is 17.9 Å². The van der Waals surface area contributed by atoms with Crippen LogP contribution in [0.15, 0.2) is 77.7 Å². The average Bonchev–Trinajstić information content (AvgIpc) is 2.81. The molecular weight excluding hydrogens is 448 g/mol. The third-order valence-electron chi connectivity index (χ3n) is 4.84. The number of hydrogen-bond acceptors (Lipinski definition) is 7. The molecule has 0 saturated heterocycles. The van der Waals surface area contributed by atoms with Gasteiger partial charge in [0.2, 0.25) is 10.0 Å². The van der Waals surface area contributed by atoms with E-state index >= 15 is 0 Å². The van der Waals surface area contributed by atoms with Crippen molar-refractivity contribution < 1.29 is 27.6 Å². The van der Waals surface area contributed by atoms with Gasteiger partial charge in [-0.25, -0.2) is 17.9 Å². The number of hydrogen-bond donors (Lipinski definition) is 1. The number of nitrogens with zero attached hydrogens (tertiary/aromatic N) is 1. The van der Waals surface area contributed by atoms with E-state index in [1.165, 1.54) is 43.5 Å². The topological polar surface area (TPSA) is 125 Å². The highest BCUT2D eigenvalue weighted by atomic mass is 32.2. The lowest BCUT2D eigenvalue weighted by molar-refractivity contribution is -0.384. The Morgan fingerprint density at radius 2 is 1.67 bits per heavy atom. The molecule has 3 rings (SSSR count). The molecule has 0 bridgehead atoms. The second-order valence-corrected chi connectivity index (χ2v) is 8.85. The maximum absolute atomic E-state index is 13.0. The number of aryl methyl sites for hydroxylation is 1. The fourth-order valence-corrected chi connectivity index (χ4v) is 4.28. The van der Waals surface area contributed by atoms with E-state index in [-0.39, 0.29) is 22.8 Å². The van der Waals surface area contributed by atoms with Gasteiger partial charge in [0.05, 0.1) is 28.5 Å². The molecule has 0 aromatic heterocycles. The van der Waals surface area contributed by atoms with Crippen LogP contribution in [0.5, 0.6) is 5.75 Å². The van der Waals surface area contributed by atoms with E-state index in [0.717, 1.165) is 5.56 Å². The number of non-ortho nitro benzene ring substituents is 1. The molecule has 33 heavy (non-hydrogen) atoms. The summed E-state index contributed by atoms with van der Waals surface area (Å²) < 4.78 is 39.3. The number of esters is 1. The van der Waals surface area contributed by atoms with Crippen molar-refractivity contribution in [3.8, 4) is 5.75 Å². The van der Waals surface area contributed by atoms with Gasteiger partial charge in [-0.3, -0.25) is 10.1 Å². The number of carbonyl (C=O) groups excluding carboxylic acids is 1. The molecule has 3 aromatic rings. The lowest BCUT2D eigenvalue weighted by Crippen LogP contribution is -2.32. The Kier molecular flexibility index (Phi) is 7.41. The van der Waals surface area contributed by atoms with E-state index in [1.807, 2.05) is 6.92 Å². The molecule has 10 heteroatoms. The molecule has 172 valence electrons. The predicted molar refractivity (Wildman–Crippen MR) is 121 cm³/mol. The molecule has 0 saturated carbocycles. The molecule has 1 atom stereocenters. The summed E-state index contributed by atoms with van der Waals surface area (Å²) in [6.07, 6.45) is 0. The van der Waals surface area contributed by atoms with Gasteiger partial charge in [0.15, 0.2) is 0 Å². The number of para-hydroxylation sites is 1. The molecule has 0 radical (unpaired) electrons. The van der Waals surface area contributed by atoms with Crippen molar-refractivity contribution in [1.29, 1.82) is 0 Å². The SMILES string of the molecule is COc1ccccc1C(COC(=O)c1ccc([N+](=O)[O-])cc1)NS(=O)(=O)c1ccc(C)cc1. The Hall–Kier alpha value is -3.76. The van der Waals surface area contributed by atoms with Crippen LogP contribution in [-0.2, 0) is 14.8 Å². The van der Waals surface area contributed by atoms with Gasteiger partial charge in [-0.2, -0.15) is 0 Å². The number of methoxy groups -OCH3 is 1. The van der Waals surface area contributed by atoms with Crippen molar-refractivity contribution in [3.63, 3.8) is 0 Å². The normalized spacial score (nSPS) is 12.1. The second-order valence-electron chi connectivity index (χ2n) is 7.13. The summed E-state index contributed by atoms with van der Waals surface area (Å²) in [5.41, 5.74) is 1.32. The quantitative estimate of drug-likeness (QED) is 0.287. The summed E-state index contributed by atoms with van der Waals surface area (Å²) >= 11 is 0. The van der Waals surface area contributed by atoms with Gasteiger partial charge in [-0.1, -0.05) is 35.9 Å². The first kappa shape index (κ1) is 23.9. The summed E-state index contributed by atoms with van der Waals surface area (Å²) in [5, 5.41) is 10.8. The van der Waals surface area contributed by atoms with E-state index in [2.05, 4.69) is 4.72 Å². The van der Waals surface area contributed by atoms with Crippen LogP contribution in [0.1, 0.15) is 27.5 Å². The molecule has 0 aliphatic heterocycles. The molecule has 3 aromatic carbocycles. The third kappa shape index (κ3) is 5.93. The van der Waals surface area contributed by atoms with Gasteiger partial charge in [-0.05, 0) is 37.3 Å². The zero-order chi connectivity index (χ0) is 24.0. The summed E-state index contributed by atoms with van der Waals surface area (Å²) in [6, 6.07) is 17.1. The number of carbonyl (C=O) groups is 1. The van der Waals surface area contributed by atoms with Crippen LogP contribution < -0.4 is 9.46 Å². The second kappa shape index (κ2) is 10.2. The average molecular weight is 471 g/mol. The highest BCUT2D eigenvalue weighted by Crippen LogP contribution is 2.27. The van der Waals surface area contributed by atoms with Crippen LogP contribution in [0.3, 0.4) is 0 Å². The van der Waals surface area contributed by atoms with E-state index in [0.29, 0.717) is 11.3 Å². The highest BCUT2D eigenvalue weighted by molar-refractivity contribution is 7.89. The van der Waals surface area contributed by atoms with Gasteiger partial charge >= 0.3 is 5.97 Å². The van der Waals surface area contributed by atoms with E-state index in [1.54, 1.807) is 36.4 Å². The summed E-state index contributed by atoms with van der Waals surface area (Å²) in [5.74, 6) is -0.333. The zero-order valence-electron chi connectivity index (χ0n) is 17.9. The Morgan fingerprint density at radius 1 is 1.03 bits per heavy atom. The minimum atomic E-state index is -3.95. The number of sulfonamides is 1. The highest BCUT2D eigenvalue weighted by Gasteiger charge is 2.25. The number of rotatable bonds is 9. The molecule has 0 amide bonds. The minimum absolute atomic E-state index is 0.0645. The first-order valence-electron chi connectivity index (χ1n) is 9.85. The first-order chi connectivity index (χ1) is 15.7. The number of nitro groups is 1. The number of benzene rings is 3. The number of ether oxygens (including phenoxy) is 2. The van der Waals surface area contributed by atoms with Crippen LogP contribution >= 0.6 is 0 Å². The first-order valence-corrected chi connectivity index (χ1v) is 11.3. The van der Waals surface area contributed by atoms with Crippen LogP contribution in [0, 0.1) is 17.0 Å². The van der Waals surface area contributed by atoms with Crippen LogP contribution in [0.25, 0.3) is 0 Å².